The quantitative estimate of drug-likeness (QED) is 0.524. The third-order valence-corrected chi connectivity index (χ3v) is 3.48. The number of hydrogen-bond donors (Lipinski definition) is 2. The summed E-state index contributed by atoms with van der Waals surface area (Å²) < 4.78 is 18.8. The van der Waals surface area contributed by atoms with Crippen LogP contribution in [0.25, 0.3) is 10.8 Å². The van der Waals surface area contributed by atoms with Crippen molar-refractivity contribution in [3.05, 3.63) is 70.1 Å². The van der Waals surface area contributed by atoms with Crippen molar-refractivity contribution in [3.63, 3.8) is 0 Å². The molecular formula is C14H11ClN2NaO3S. The van der Waals surface area contributed by atoms with Crippen LogP contribution in [0.4, 0.5) is 0 Å². The largest absolute Gasteiger partial charge is 0.302 e. The van der Waals surface area contributed by atoms with Crippen LogP contribution < -0.4 is 5.56 Å². The number of benzene rings is 2. The van der Waals surface area contributed by atoms with Gasteiger partial charge in [0, 0.05) is 40.0 Å². The van der Waals surface area contributed by atoms with Crippen LogP contribution in [0.2, 0.25) is 5.02 Å². The zero-order valence-corrected chi connectivity index (χ0v) is 15.3. The van der Waals surface area contributed by atoms with Gasteiger partial charge in [-0.3, -0.25) is 4.79 Å². The minimum atomic E-state index is -1.83. The minimum absolute atomic E-state index is 0. The molecule has 0 amide bonds. The Labute approximate surface area is 156 Å². The molecule has 3 aromatic rings. The van der Waals surface area contributed by atoms with Crippen LogP contribution in [-0.4, -0.2) is 48.5 Å². The molecule has 22 heavy (non-hydrogen) atoms. The van der Waals surface area contributed by atoms with Crippen LogP contribution in [0.1, 0.15) is 0 Å². The van der Waals surface area contributed by atoms with Gasteiger partial charge in [0.05, 0.1) is 16.5 Å². The third kappa shape index (κ3) is 5.31. The maximum atomic E-state index is 11.1. The van der Waals surface area contributed by atoms with E-state index in [4.69, 9.17) is 16.2 Å². The molecule has 0 aliphatic heterocycles. The van der Waals surface area contributed by atoms with E-state index in [-0.39, 0.29) is 35.1 Å². The SMILES string of the molecule is O=S(O)c1ccccc1.O=c1[nH]ncc2cc(Cl)ccc12.[Na]. The molecule has 1 heterocycles. The van der Waals surface area contributed by atoms with Gasteiger partial charge in [-0.1, -0.05) is 29.8 Å². The molecule has 5 nitrogen and oxygen atoms in total. The van der Waals surface area contributed by atoms with Gasteiger partial charge in [-0.05, 0) is 30.3 Å². The fraction of sp³-hybridized carbons (Fsp3) is 0. The minimum Gasteiger partial charge on any atom is -0.302 e. The van der Waals surface area contributed by atoms with E-state index >= 15 is 0 Å². The Morgan fingerprint density at radius 3 is 2.41 bits per heavy atom. The Hall–Kier alpha value is -1.02. The van der Waals surface area contributed by atoms with Crippen molar-refractivity contribution < 1.29 is 8.76 Å². The molecule has 0 saturated carbocycles. The van der Waals surface area contributed by atoms with Gasteiger partial charge in [-0.15, -0.1) is 0 Å². The van der Waals surface area contributed by atoms with Gasteiger partial charge in [0.1, 0.15) is 0 Å². The van der Waals surface area contributed by atoms with E-state index in [2.05, 4.69) is 10.2 Å². The molecule has 1 aromatic heterocycles. The summed E-state index contributed by atoms with van der Waals surface area (Å²) in [6.07, 6.45) is 1.57. The van der Waals surface area contributed by atoms with Crippen LogP contribution in [0.5, 0.6) is 0 Å². The average molecular weight is 346 g/mol. The number of nitrogens with one attached hydrogen (secondary N) is 1. The zero-order chi connectivity index (χ0) is 15.2. The summed E-state index contributed by atoms with van der Waals surface area (Å²) in [5.41, 5.74) is -0.191. The van der Waals surface area contributed by atoms with Crippen LogP contribution in [-0.2, 0) is 11.1 Å². The van der Waals surface area contributed by atoms with Gasteiger partial charge in [0.15, 0.2) is 11.1 Å². The molecule has 0 aliphatic rings. The topological polar surface area (TPSA) is 83.0 Å². The van der Waals surface area contributed by atoms with Gasteiger partial charge in [0.2, 0.25) is 0 Å². The predicted octanol–water partition coefficient (Wildman–Crippen LogP) is 2.46. The van der Waals surface area contributed by atoms with Gasteiger partial charge in [0.25, 0.3) is 5.56 Å². The maximum Gasteiger partial charge on any atom is 0.272 e. The fourth-order valence-electron chi connectivity index (χ4n) is 1.60. The molecule has 2 N–H and O–H groups in total. The molecule has 2 aromatic carbocycles. The third-order valence-electron chi connectivity index (χ3n) is 2.57. The number of aromatic amines is 1. The number of hydrogen-bond acceptors (Lipinski definition) is 3. The molecule has 109 valence electrons. The number of halogens is 1. The molecule has 1 radical (unpaired) electrons. The van der Waals surface area contributed by atoms with Crippen LogP contribution >= 0.6 is 11.6 Å². The molecular weight excluding hydrogens is 335 g/mol. The Morgan fingerprint density at radius 2 is 1.82 bits per heavy atom. The standard InChI is InChI=1S/C8H5ClN2O.C6H6O2S.Na/c9-6-1-2-7-5(3-6)4-10-11-8(7)12;7-9(8)6-4-2-1-3-5-6;/h1-4H,(H,11,12);1-5H,(H,7,8);. The summed E-state index contributed by atoms with van der Waals surface area (Å²) in [7, 11) is 0. The first-order valence-electron chi connectivity index (χ1n) is 5.87. The van der Waals surface area contributed by atoms with E-state index in [1.807, 2.05) is 0 Å². The van der Waals surface area contributed by atoms with Crippen LogP contribution in [0.15, 0.2) is 64.4 Å². The molecule has 1 unspecified atom stereocenters. The Morgan fingerprint density at radius 1 is 1.14 bits per heavy atom. The van der Waals surface area contributed by atoms with Crippen LogP contribution in [0, 0.1) is 0 Å². The van der Waals surface area contributed by atoms with E-state index < -0.39 is 11.1 Å². The summed E-state index contributed by atoms with van der Waals surface area (Å²) in [5, 5.41) is 7.97. The number of rotatable bonds is 1. The summed E-state index contributed by atoms with van der Waals surface area (Å²) in [4.78, 5) is 11.6. The van der Waals surface area contributed by atoms with E-state index in [1.54, 1.807) is 54.7 Å². The fourth-order valence-corrected chi connectivity index (χ4v) is 2.18. The van der Waals surface area contributed by atoms with Crippen molar-refractivity contribution in [1.82, 2.24) is 10.2 Å². The molecule has 0 bridgehead atoms. The molecule has 8 heteroatoms. The average Bonchev–Trinajstić information content (AvgIpc) is 2.49. The predicted molar refractivity (Wildman–Crippen MR) is 88.6 cm³/mol. The summed E-state index contributed by atoms with van der Waals surface area (Å²) in [6.45, 7) is 0. The summed E-state index contributed by atoms with van der Waals surface area (Å²) in [5.74, 6) is 0. The molecule has 0 spiro atoms. The number of H-pyrrole nitrogens is 1. The summed E-state index contributed by atoms with van der Waals surface area (Å²) >= 11 is 3.90. The van der Waals surface area contributed by atoms with E-state index in [0.717, 1.165) is 5.39 Å². The van der Waals surface area contributed by atoms with E-state index in [9.17, 15) is 9.00 Å². The second kappa shape index (κ2) is 9.19. The van der Waals surface area contributed by atoms with E-state index in [0.29, 0.717) is 15.3 Å². The Bertz CT molecular complexity index is 827. The second-order valence-electron chi connectivity index (χ2n) is 3.99. The monoisotopic (exact) mass is 345 g/mol. The first-order chi connectivity index (χ1) is 10.1. The normalized spacial score (nSPS) is 11.0. The number of fused-ring (bicyclic) bond motifs is 1. The van der Waals surface area contributed by atoms with Crippen molar-refractivity contribution >= 4 is 63.0 Å². The van der Waals surface area contributed by atoms with E-state index in [1.165, 1.54) is 0 Å². The van der Waals surface area contributed by atoms with Crippen molar-refractivity contribution in [2.24, 2.45) is 0 Å². The molecule has 0 fully saturated rings. The smallest absolute Gasteiger partial charge is 0.272 e. The van der Waals surface area contributed by atoms with Crippen molar-refractivity contribution in [2.45, 2.75) is 4.90 Å². The maximum absolute atomic E-state index is 11.1. The zero-order valence-electron chi connectivity index (χ0n) is 11.7. The van der Waals surface area contributed by atoms with Gasteiger partial charge in [-0.2, -0.15) is 5.10 Å². The Kier molecular flexibility index (Phi) is 7.95. The first kappa shape index (κ1) is 19.0. The molecule has 0 aliphatic carbocycles. The van der Waals surface area contributed by atoms with Gasteiger partial charge >= 0.3 is 0 Å². The molecule has 1 atom stereocenters. The number of aromatic nitrogens is 2. The molecule has 3 rings (SSSR count). The van der Waals surface area contributed by atoms with Crippen LogP contribution in [0.3, 0.4) is 0 Å². The first-order valence-corrected chi connectivity index (χ1v) is 7.35. The Balaban J connectivity index is 0.000000219. The molecule has 0 saturated heterocycles. The van der Waals surface area contributed by atoms with Crippen molar-refractivity contribution in [2.75, 3.05) is 0 Å². The van der Waals surface area contributed by atoms with Gasteiger partial charge < -0.3 is 4.55 Å². The second-order valence-corrected chi connectivity index (χ2v) is 5.40. The van der Waals surface area contributed by atoms with Gasteiger partial charge in [-0.25, -0.2) is 9.31 Å². The summed E-state index contributed by atoms with van der Waals surface area (Å²) in [6, 6.07) is 13.5. The van der Waals surface area contributed by atoms with Crippen molar-refractivity contribution in [1.29, 1.82) is 0 Å². The van der Waals surface area contributed by atoms with Crippen molar-refractivity contribution in [3.8, 4) is 0 Å². The number of nitrogens with zero attached hydrogens (tertiary/aromatic N) is 1.